The number of pyridine rings is 1. The van der Waals surface area contributed by atoms with Crippen molar-refractivity contribution in [2.75, 3.05) is 14.2 Å². The van der Waals surface area contributed by atoms with Gasteiger partial charge in [-0.3, -0.25) is 4.79 Å². The number of nitrogens with zero attached hydrogens (tertiary/aromatic N) is 1. The van der Waals surface area contributed by atoms with E-state index in [1.807, 2.05) is 33.8 Å². The monoisotopic (exact) mass is 527 g/mol. The first-order valence-corrected chi connectivity index (χ1v) is 12.5. The second-order valence-electron chi connectivity index (χ2n) is 10.3. The van der Waals surface area contributed by atoms with Crippen LogP contribution in [0.4, 0.5) is 8.78 Å². The lowest BCUT2D eigenvalue weighted by Crippen LogP contribution is -2.21. The molecule has 2 atom stereocenters. The molecule has 6 nitrogen and oxygen atoms in total. The van der Waals surface area contributed by atoms with E-state index in [0.717, 1.165) is 17.3 Å². The Labute approximate surface area is 222 Å². The maximum atomic E-state index is 15.3. The van der Waals surface area contributed by atoms with Crippen molar-refractivity contribution in [3.63, 3.8) is 0 Å². The Morgan fingerprint density at radius 1 is 1.05 bits per heavy atom. The number of aromatic nitrogens is 1. The van der Waals surface area contributed by atoms with Crippen LogP contribution in [0.15, 0.2) is 48.7 Å². The van der Waals surface area contributed by atoms with Crippen LogP contribution in [-0.2, 0) is 16.1 Å². The number of benzene rings is 2. The van der Waals surface area contributed by atoms with Crippen LogP contribution in [-0.4, -0.2) is 30.3 Å². The summed E-state index contributed by atoms with van der Waals surface area (Å²) in [4.78, 5) is 15.2. The highest BCUT2D eigenvalue weighted by molar-refractivity contribution is 5.70. The second-order valence-corrected chi connectivity index (χ2v) is 10.3. The van der Waals surface area contributed by atoms with Gasteiger partial charge in [0.15, 0.2) is 11.6 Å². The van der Waals surface area contributed by atoms with Gasteiger partial charge in [-0.25, -0.2) is 13.8 Å². The molecule has 0 aliphatic heterocycles. The van der Waals surface area contributed by atoms with Crippen molar-refractivity contribution in [2.24, 2.45) is 5.41 Å². The van der Waals surface area contributed by atoms with Crippen molar-refractivity contribution >= 4 is 5.97 Å². The fraction of sp³-hybridized carbons (Fsp3) is 0.400. The largest absolute Gasteiger partial charge is 0.486 e. The van der Waals surface area contributed by atoms with Crippen LogP contribution in [0, 0.1) is 17.0 Å². The summed E-state index contributed by atoms with van der Waals surface area (Å²) in [6, 6.07) is 11.8. The highest BCUT2D eigenvalue weighted by Crippen LogP contribution is 2.42. The van der Waals surface area contributed by atoms with Gasteiger partial charge in [-0.1, -0.05) is 52.0 Å². The van der Waals surface area contributed by atoms with Crippen molar-refractivity contribution in [3.05, 3.63) is 77.0 Å². The first-order chi connectivity index (χ1) is 18.0. The molecule has 0 spiro atoms. The van der Waals surface area contributed by atoms with Gasteiger partial charge in [-0.15, -0.1) is 0 Å². The van der Waals surface area contributed by atoms with Gasteiger partial charge in [-0.05, 0) is 52.1 Å². The first-order valence-electron chi connectivity index (χ1n) is 12.5. The molecule has 0 saturated carbocycles. The zero-order valence-corrected chi connectivity index (χ0v) is 22.7. The molecule has 1 aromatic heterocycles. The summed E-state index contributed by atoms with van der Waals surface area (Å²) < 4.78 is 47.1. The fourth-order valence-corrected chi connectivity index (χ4v) is 4.65. The molecular formula is C30H35F2NO5. The molecule has 0 bridgehead atoms. The van der Waals surface area contributed by atoms with E-state index in [1.165, 1.54) is 13.2 Å². The Hall–Kier alpha value is -3.52. The van der Waals surface area contributed by atoms with Gasteiger partial charge in [-0.2, -0.15) is 0 Å². The number of hydrogen-bond acceptors (Lipinski definition) is 5. The molecule has 1 N–H and O–H groups in total. The molecule has 3 aromatic rings. The molecule has 3 rings (SSSR count). The van der Waals surface area contributed by atoms with Gasteiger partial charge >= 0.3 is 5.97 Å². The lowest BCUT2D eigenvalue weighted by Gasteiger charge is -2.32. The predicted molar refractivity (Wildman–Crippen MR) is 141 cm³/mol. The number of carboxylic acid groups (broad SMARTS) is 1. The third kappa shape index (κ3) is 6.67. The number of methoxy groups -OCH3 is 2. The molecule has 0 unspecified atom stereocenters. The molecule has 0 saturated heterocycles. The molecule has 0 radical (unpaired) electrons. The lowest BCUT2D eigenvalue weighted by molar-refractivity contribution is -0.137. The topological polar surface area (TPSA) is 77.9 Å². The summed E-state index contributed by atoms with van der Waals surface area (Å²) in [5, 5.41) is 9.19. The van der Waals surface area contributed by atoms with E-state index >= 15 is 4.39 Å². The van der Waals surface area contributed by atoms with E-state index in [9.17, 15) is 14.3 Å². The third-order valence-corrected chi connectivity index (χ3v) is 6.49. The Bertz CT molecular complexity index is 1270. The van der Waals surface area contributed by atoms with Gasteiger partial charge in [0.05, 0.1) is 25.8 Å². The summed E-state index contributed by atoms with van der Waals surface area (Å²) in [7, 11) is 3.07. The molecule has 0 aliphatic rings. The molecule has 8 heteroatoms. The standard InChI is InChI=1S/C30H35F2NO5/c1-7-19(14-27(34)35)20-9-8-10-25(28(20)32)38-17-18-11-12-21(22-15-26(36-5)33-16-24(22)31)23(13-18)29(37-6)30(2,3)4/h8-13,15-16,19,29H,7,14,17H2,1-6H3,(H,34,35)/t19-,29-/m1/s1. The molecule has 1 heterocycles. The van der Waals surface area contributed by atoms with Gasteiger partial charge in [0.25, 0.3) is 0 Å². The SMILES string of the molecule is CC[C@H](CC(=O)O)c1cccc(OCc2ccc(-c3cc(OC)ncc3F)c([C@@H](OC)C(C)(C)C)c2)c1F. The highest BCUT2D eigenvalue weighted by atomic mass is 19.1. The maximum absolute atomic E-state index is 15.3. The van der Waals surface area contributed by atoms with Crippen LogP contribution < -0.4 is 9.47 Å². The minimum Gasteiger partial charge on any atom is -0.486 e. The minimum atomic E-state index is -0.981. The zero-order valence-electron chi connectivity index (χ0n) is 22.7. The number of rotatable bonds is 11. The summed E-state index contributed by atoms with van der Waals surface area (Å²) in [5.74, 6) is -2.17. The van der Waals surface area contributed by atoms with Gasteiger partial charge in [0, 0.05) is 18.7 Å². The number of hydrogen-bond donors (Lipinski definition) is 1. The molecule has 204 valence electrons. The van der Waals surface area contributed by atoms with E-state index < -0.39 is 29.6 Å². The van der Waals surface area contributed by atoms with Gasteiger partial charge in [0.1, 0.15) is 12.4 Å². The summed E-state index contributed by atoms with van der Waals surface area (Å²) in [6.45, 7) is 7.96. The third-order valence-electron chi connectivity index (χ3n) is 6.49. The molecule has 38 heavy (non-hydrogen) atoms. The second kappa shape index (κ2) is 12.3. The normalized spacial score (nSPS) is 13.2. The average Bonchev–Trinajstić information content (AvgIpc) is 2.87. The number of aliphatic carboxylic acids is 1. The predicted octanol–water partition coefficient (Wildman–Crippen LogP) is 7.32. The number of carboxylic acids is 1. The van der Waals surface area contributed by atoms with Crippen LogP contribution in [0.1, 0.15) is 69.2 Å². The summed E-state index contributed by atoms with van der Waals surface area (Å²) in [6.07, 6.45) is 1.05. The lowest BCUT2D eigenvalue weighted by atomic mass is 9.81. The molecule has 0 fully saturated rings. The Morgan fingerprint density at radius 3 is 2.39 bits per heavy atom. The summed E-state index contributed by atoms with van der Waals surface area (Å²) in [5.41, 5.74) is 2.43. The van der Waals surface area contributed by atoms with E-state index in [1.54, 1.807) is 37.4 Å². The van der Waals surface area contributed by atoms with Crippen molar-refractivity contribution in [2.45, 2.75) is 59.2 Å². The Balaban J connectivity index is 2.00. The van der Waals surface area contributed by atoms with Crippen LogP contribution >= 0.6 is 0 Å². The van der Waals surface area contributed by atoms with E-state index in [-0.39, 0.29) is 30.1 Å². The Kier molecular flexibility index (Phi) is 9.44. The minimum absolute atomic E-state index is 0.0426. The van der Waals surface area contributed by atoms with Gasteiger partial charge < -0.3 is 19.3 Å². The van der Waals surface area contributed by atoms with Crippen LogP contribution in [0.3, 0.4) is 0 Å². The molecule has 0 aliphatic carbocycles. The van der Waals surface area contributed by atoms with Gasteiger partial charge in [0.2, 0.25) is 5.88 Å². The number of carbonyl (C=O) groups is 1. The zero-order chi connectivity index (χ0) is 28.0. The maximum Gasteiger partial charge on any atom is 0.303 e. The smallest absolute Gasteiger partial charge is 0.303 e. The van der Waals surface area contributed by atoms with Crippen molar-refractivity contribution in [3.8, 4) is 22.8 Å². The van der Waals surface area contributed by atoms with Crippen molar-refractivity contribution in [1.82, 2.24) is 4.98 Å². The number of ether oxygens (including phenoxy) is 3. The number of halogens is 2. The van der Waals surface area contributed by atoms with E-state index in [0.29, 0.717) is 23.1 Å². The molecule has 2 aromatic carbocycles. The Morgan fingerprint density at radius 2 is 1.79 bits per heavy atom. The van der Waals surface area contributed by atoms with Crippen LogP contribution in [0.5, 0.6) is 11.6 Å². The van der Waals surface area contributed by atoms with Crippen LogP contribution in [0.25, 0.3) is 11.1 Å². The summed E-state index contributed by atoms with van der Waals surface area (Å²) >= 11 is 0. The van der Waals surface area contributed by atoms with Crippen molar-refractivity contribution < 1.29 is 32.9 Å². The fourth-order valence-electron chi connectivity index (χ4n) is 4.65. The average molecular weight is 528 g/mol. The van der Waals surface area contributed by atoms with Crippen LogP contribution in [0.2, 0.25) is 0 Å². The molecule has 0 amide bonds. The van der Waals surface area contributed by atoms with Crippen molar-refractivity contribution in [1.29, 1.82) is 0 Å². The quantitative estimate of drug-likeness (QED) is 0.282. The highest BCUT2D eigenvalue weighted by Gasteiger charge is 2.30. The molecular weight excluding hydrogens is 492 g/mol. The van der Waals surface area contributed by atoms with E-state index in [4.69, 9.17) is 14.2 Å². The first kappa shape index (κ1) is 29.0. The van der Waals surface area contributed by atoms with E-state index in [2.05, 4.69) is 4.98 Å².